The van der Waals surface area contributed by atoms with Crippen molar-refractivity contribution in [1.29, 1.82) is 0 Å². The highest BCUT2D eigenvalue weighted by atomic mass is 35.5. The van der Waals surface area contributed by atoms with Crippen molar-refractivity contribution in [3.63, 3.8) is 0 Å². The standard InChI is InChI=1S/C14H25ClN2O/c1-6-10-13(15)11(17(5)16-10)8-7-9-12(18)14(2,3)4/h12,18H,6-9H2,1-5H3. The summed E-state index contributed by atoms with van der Waals surface area (Å²) in [6, 6.07) is 0. The molecule has 1 unspecified atom stereocenters. The highest BCUT2D eigenvalue weighted by Crippen LogP contribution is 2.26. The molecule has 1 N–H and O–H groups in total. The number of hydrogen-bond donors (Lipinski definition) is 1. The van der Waals surface area contributed by atoms with Gasteiger partial charge >= 0.3 is 0 Å². The van der Waals surface area contributed by atoms with Gasteiger partial charge in [0, 0.05) is 7.05 Å². The van der Waals surface area contributed by atoms with Crippen molar-refractivity contribution in [3.05, 3.63) is 16.4 Å². The fourth-order valence-electron chi connectivity index (χ4n) is 1.99. The van der Waals surface area contributed by atoms with E-state index in [2.05, 4.69) is 32.8 Å². The molecule has 104 valence electrons. The van der Waals surface area contributed by atoms with Gasteiger partial charge in [0.15, 0.2) is 0 Å². The number of nitrogens with zero attached hydrogens (tertiary/aromatic N) is 2. The van der Waals surface area contributed by atoms with E-state index in [1.165, 1.54) is 0 Å². The SMILES string of the molecule is CCc1nn(C)c(CCCC(O)C(C)(C)C)c1Cl. The summed E-state index contributed by atoms with van der Waals surface area (Å²) in [4.78, 5) is 0. The van der Waals surface area contributed by atoms with E-state index in [1.807, 2.05) is 11.7 Å². The summed E-state index contributed by atoms with van der Waals surface area (Å²) in [5, 5.41) is 15.2. The largest absolute Gasteiger partial charge is 0.393 e. The van der Waals surface area contributed by atoms with Crippen LogP contribution in [-0.2, 0) is 19.9 Å². The number of aliphatic hydroxyl groups is 1. The quantitative estimate of drug-likeness (QED) is 0.893. The van der Waals surface area contributed by atoms with Crippen LogP contribution in [0.1, 0.15) is 51.9 Å². The van der Waals surface area contributed by atoms with Crippen LogP contribution in [-0.4, -0.2) is 21.0 Å². The molecule has 0 aliphatic heterocycles. The first-order valence-corrected chi connectivity index (χ1v) is 7.03. The molecule has 1 aromatic rings. The first-order valence-electron chi connectivity index (χ1n) is 6.65. The monoisotopic (exact) mass is 272 g/mol. The number of rotatable bonds is 5. The predicted octanol–water partition coefficient (Wildman–Crippen LogP) is 3.37. The van der Waals surface area contributed by atoms with Crippen LogP contribution >= 0.6 is 11.6 Å². The molecule has 3 nitrogen and oxygen atoms in total. The van der Waals surface area contributed by atoms with Crippen molar-refractivity contribution in [2.24, 2.45) is 12.5 Å². The zero-order valence-electron chi connectivity index (χ0n) is 12.1. The van der Waals surface area contributed by atoms with Crippen molar-refractivity contribution in [3.8, 4) is 0 Å². The number of aromatic nitrogens is 2. The Kier molecular flexibility index (Phi) is 5.23. The van der Waals surface area contributed by atoms with E-state index in [0.29, 0.717) is 0 Å². The summed E-state index contributed by atoms with van der Waals surface area (Å²) in [7, 11) is 1.93. The fourth-order valence-corrected chi connectivity index (χ4v) is 2.38. The van der Waals surface area contributed by atoms with Gasteiger partial charge < -0.3 is 5.11 Å². The Morgan fingerprint density at radius 1 is 1.39 bits per heavy atom. The molecule has 0 amide bonds. The van der Waals surface area contributed by atoms with Gasteiger partial charge in [0.05, 0.1) is 22.5 Å². The molecule has 1 aromatic heterocycles. The summed E-state index contributed by atoms with van der Waals surface area (Å²) in [6.45, 7) is 8.24. The molecule has 18 heavy (non-hydrogen) atoms. The van der Waals surface area contributed by atoms with Crippen LogP contribution in [0.25, 0.3) is 0 Å². The topological polar surface area (TPSA) is 38.0 Å². The molecule has 0 aliphatic rings. The third-order valence-corrected chi connectivity index (χ3v) is 3.83. The molecule has 0 saturated carbocycles. The van der Waals surface area contributed by atoms with Gasteiger partial charge in [-0.3, -0.25) is 4.68 Å². The molecule has 0 saturated heterocycles. The van der Waals surface area contributed by atoms with Crippen LogP contribution in [0.3, 0.4) is 0 Å². The third kappa shape index (κ3) is 3.72. The van der Waals surface area contributed by atoms with E-state index in [0.717, 1.165) is 42.1 Å². The maximum atomic E-state index is 10.00. The minimum absolute atomic E-state index is 0.0508. The van der Waals surface area contributed by atoms with Gasteiger partial charge in [-0.2, -0.15) is 5.10 Å². The molecule has 1 rings (SSSR count). The Morgan fingerprint density at radius 3 is 2.44 bits per heavy atom. The molecule has 0 bridgehead atoms. The second kappa shape index (κ2) is 6.07. The Morgan fingerprint density at radius 2 is 2.00 bits per heavy atom. The first kappa shape index (κ1) is 15.5. The predicted molar refractivity (Wildman–Crippen MR) is 76.0 cm³/mol. The van der Waals surface area contributed by atoms with Crippen molar-refractivity contribution < 1.29 is 5.11 Å². The van der Waals surface area contributed by atoms with Crippen LogP contribution in [0.5, 0.6) is 0 Å². The van der Waals surface area contributed by atoms with Crippen LogP contribution in [0.2, 0.25) is 5.02 Å². The van der Waals surface area contributed by atoms with E-state index < -0.39 is 0 Å². The van der Waals surface area contributed by atoms with E-state index in [1.54, 1.807) is 0 Å². The molecule has 0 aromatic carbocycles. The Labute approximate surface area is 115 Å². The van der Waals surface area contributed by atoms with Gasteiger partial charge in [-0.25, -0.2) is 0 Å². The van der Waals surface area contributed by atoms with E-state index in [-0.39, 0.29) is 11.5 Å². The third-order valence-electron chi connectivity index (χ3n) is 3.39. The zero-order chi connectivity index (χ0) is 13.9. The molecule has 0 spiro atoms. The minimum atomic E-state index is -0.268. The summed E-state index contributed by atoms with van der Waals surface area (Å²) in [5.41, 5.74) is 1.99. The number of aliphatic hydroxyl groups excluding tert-OH is 1. The van der Waals surface area contributed by atoms with Gasteiger partial charge in [-0.1, -0.05) is 39.3 Å². The molecule has 0 fully saturated rings. The van der Waals surface area contributed by atoms with Gasteiger partial charge in [0.1, 0.15) is 0 Å². The van der Waals surface area contributed by atoms with Crippen LogP contribution < -0.4 is 0 Å². The Bertz CT molecular complexity index is 393. The molecular formula is C14H25ClN2O. The smallest absolute Gasteiger partial charge is 0.0849 e. The summed E-state index contributed by atoms with van der Waals surface area (Å²) < 4.78 is 1.87. The second-order valence-corrected chi connectivity index (χ2v) is 6.34. The lowest BCUT2D eigenvalue weighted by atomic mass is 9.86. The Hall–Kier alpha value is -0.540. The van der Waals surface area contributed by atoms with Crippen molar-refractivity contribution >= 4 is 11.6 Å². The lowest BCUT2D eigenvalue weighted by Crippen LogP contribution is -2.25. The first-order chi connectivity index (χ1) is 8.27. The molecule has 0 radical (unpaired) electrons. The normalized spacial score (nSPS) is 13.9. The average molecular weight is 273 g/mol. The van der Waals surface area contributed by atoms with E-state index >= 15 is 0 Å². The van der Waals surface area contributed by atoms with Crippen LogP contribution in [0.4, 0.5) is 0 Å². The molecular weight excluding hydrogens is 248 g/mol. The lowest BCUT2D eigenvalue weighted by Gasteiger charge is -2.25. The van der Waals surface area contributed by atoms with Crippen LogP contribution in [0, 0.1) is 5.41 Å². The minimum Gasteiger partial charge on any atom is -0.393 e. The van der Waals surface area contributed by atoms with Crippen molar-refractivity contribution in [2.45, 2.75) is 59.5 Å². The van der Waals surface area contributed by atoms with Gasteiger partial charge in [-0.05, 0) is 31.1 Å². The van der Waals surface area contributed by atoms with Gasteiger partial charge in [-0.15, -0.1) is 0 Å². The lowest BCUT2D eigenvalue weighted by molar-refractivity contribution is 0.0539. The van der Waals surface area contributed by atoms with E-state index in [4.69, 9.17) is 11.6 Å². The van der Waals surface area contributed by atoms with E-state index in [9.17, 15) is 5.11 Å². The summed E-state index contributed by atoms with van der Waals surface area (Å²) in [5.74, 6) is 0. The Balaban J connectivity index is 2.57. The number of halogens is 1. The molecule has 0 aliphatic carbocycles. The fraction of sp³-hybridized carbons (Fsp3) is 0.786. The highest BCUT2D eigenvalue weighted by molar-refractivity contribution is 6.31. The molecule has 1 heterocycles. The molecule has 4 heteroatoms. The highest BCUT2D eigenvalue weighted by Gasteiger charge is 2.22. The maximum absolute atomic E-state index is 10.00. The van der Waals surface area contributed by atoms with Gasteiger partial charge in [0.2, 0.25) is 0 Å². The summed E-state index contributed by atoms with van der Waals surface area (Å²) in [6.07, 6.45) is 3.19. The zero-order valence-corrected chi connectivity index (χ0v) is 12.9. The maximum Gasteiger partial charge on any atom is 0.0849 e. The van der Waals surface area contributed by atoms with Crippen molar-refractivity contribution in [2.75, 3.05) is 0 Å². The summed E-state index contributed by atoms with van der Waals surface area (Å²) >= 11 is 6.29. The average Bonchev–Trinajstić information content (AvgIpc) is 2.54. The van der Waals surface area contributed by atoms with Gasteiger partial charge in [0.25, 0.3) is 0 Å². The molecule has 1 atom stereocenters. The van der Waals surface area contributed by atoms with Crippen LogP contribution in [0.15, 0.2) is 0 Å². The van der Waals surface area contributed by atoms with Crippen molar-refractivity contribution in [1.82, 2.24) is 9.78 Å². The number of aryl methyl sites for hydroxylation is 2. The second-order valence-electron chi connectivity index (χ2n) is 5.96. The number of hydrogen-bond acceptors (Lipinski definition) is 2.